The van der Waals surface area contributed by atoms with Crippen LogP contribution >= 0.6 is 11.8 Å². The van der Waals surface area contributed by atoms with Crippen molar-refractivity contribution >= 4 is 28.9 Å². The van der Waals surface area contributed by atoms with Gasteiger partial charge in [0, 0.05) is 12.2 Å². The second kappa shape index (κ2) is 9.20. The van der Waals surface area contributed by atoms with Crippen molar-refractivity contribution < 1.29 is 28.5 Å². The van der Waals surface area contributed by atoms with Crippen LogP contribution in [0, 0.1) is 0 Å². The molecule has 2 aliphatic rings. The van der Waals surface area contributed by atoms with Crippen molar-refractivity contribution in [3.8, 4) is 5.88 Å². The fourth-order valence-corrected chi connectivity index (χ4v) is 4.93. The largest absolute Gasteiger partial charge is 0.479 e. The van der Waals surface area contributed by atoms with Gasteiger partial charge in [-0.1, -0.05) is 18.7 Å². The van der Waals surface area contributed by atoms with Crippen molar-refractivity contribution in [2.45, 2.75) is 88.9 Å². The van der Waals surface area contributed by atoms with Crippen LogP contribution in [0.15, 0.2) is 5.16 Å². The number of rotatable bonds is 9. The van der Waals surface area contributed by atoms with Crippen molar-refractivity contribution in [3.05, 3.63) is 0 Å². The zero-order chi connectivity index (χ0) is 23.0. The average Bonchev–Trinajstić information content (AvgIpc) is 3.19. The maximum atomic E-state index is 12.0. The first-order chi connectivity index (χ1) is 15.2. The van der Waals surface area contributed by atoms with Crippen molar-refractivity contribution in [2.24, 2.45) is 0 Å². The van der Waals surface area contributed by atoms with Gasteiger partial charge in [0.05, 0.1) is 25.4 Å². The molecule has 1 aliphatic carbocycles. The highest BCUT2D eigenvalue weighted by molar-refractivity contribution is 7.99. The lowest BCUT2D eigenvalue weighted by Gasteiger charge is -2.27. The van der Waals surface area contributed by atoms with E-state index < -0.39 is 5.79 Å². The molecule has 1 saturated carbocycles. The Morgan fingerprint density at radius 2 is 2.06 bits per heavy atom. The number of fused-ring (bicyclic) bond motifs is 2. The standard InChI is InChI=1S/C21H32N4O6S/c1-7-8-32-20-22-18-15(19(23-20)27-6)24-25(18)12-9-13(28-10-14(26)29-11(2)3)17-16(12)30-21(4,5)31-17/h11-13,16-17,24H,7-10H2,1-6H3/t12-,13+,16+,17-/m1/s1. The molecule has 1 aliphatic heterocycles. The molecular formula is C21H32N4O6S. The van der Waals surface area contributed by atoms with Gasteiger partial charge in [0.25, 0.3) is 0 Å². The molecule has 32 heavy (non-hydrogen) atoms. The van der Waals surface area contributed by atoms with E-state index in [2.05, 4.69) is 17.0 Å². The highest BCUT2D eigenvalue weighted by atomic mass is 32.2. The predicted octanol–water partition coefficient (Wildman–Crippen LogP) is 3.07. The van der Waals surface area contributed by atoms with E-state index in [-0.39, 0.29) is 43.0 Å². The van der Waals surface area contributed by atoms with Gasteiger partial charge in [0.15, 0.2) is 22.1 Å². The van der Waals surface area contributed by atoms with Crippen LogP contribution in [0.5, 0.6) is 5.88 Å². The molecule has 178 valence electrons. The fourth-order valence-electron chi connectivity index (χ4n) is 4.24. The maximum Gasteiger partial charge on any atom is 0.332 e. The molecule has 1 saturated heterocycles. The van der Waals surface area contributed by atoms with Gasteiger partial charge in [0.2, 0.25) is 5.88 Å². The smallest absolute Gasteiger partial charge is 0.332 e. The van der Waals surface area contributed by atoms with Crippen LogP contribution in [0.4, 0.5) is 0 Å². The molecule has 0 amide bonds. The van der Waals surface area contributed by atoms with E-state index in [1.807, 2.05) is 32.4 Å². The van der Waals surface area contributed by atoms with E-state index in [1.165, 1.54) is 0 Å². The number of ether oxygens (including phenoxy) is 5. The zero-order valence-electron chi connectivity index (χ0n) is 19.4. The Labute approximate surface area is 191 Å². The molecular weight excluding hydrogens is 436 g/mol. The first-order valence-electron chi connectivity index (χ1n) is 11.0. The van der Waals surface area contributed by atoms with E-state index >= 15 is 0 Å². The minimum absolute atomic E-state index is 0.0935. The van der Waals surface area contributed by atoms with Gasteiger partial charge in [-0.05, 0) is 34.1 Å². The van der Waals surface area contributed by atoms with Gasteiger partial charge in [-0.3, -0.25) is 9.78 Å². The van der Waals surface area contributed by atoms with Crippen molar-refractivity contribution in [1.29, 1.82) is 0 Å². The number of aromatic nitrogens is 4. The summed E-state index contributed by atoms with van der Waals surface area (Å²) < 4.78 is 30.9. The summed E-state index contributed by atoms with van der Waals surface area (Å²) in [4.78, 5) is 21.2. The Morgan fingerprint density at radius 3 is 2.75 bits per heavy atom. The van der Waals surface area contributed by atoms with E-state index in [0.717, 1.165) is 23.3 Å². The number of nitrogens with one attached hydrogen (secondary N) is 1. The summed E-state index contributed by atoms with van der Waals surface area (Å²) in [5.74, 6) is 0.317. The first-order valence-corrected chi connectivity index (χ1v) is 12.0. The Hall–Kier alpha value is -1.82. The SMILES string of the molecule is CCCSc1nc(OC)c2[nH]n([C@@H]3C[C@H](OCC(=O)OC(C)C)[C@H]4OC(C)(C)O[C@H]43)c2n1. The number of nitrogens with zero attached hydrogens (tertiary/aromatic N) is 3. The van der Waals surface area contributed by atoms with E-state index in [9.17, 15) is 4.79 Å². The van der Waals surface area contributed by atoms with Crippen LogP contribution in [-0.4, -0.2) is 75.4 Å². The number of aromatic amines is 1. The summed E-state index contributed by atoms with van der Waals surface area (Å²) in [5.41, 5.74) is 1.53. The number of hydrogen-bond donors (Lipinski definition) is 1. The number of carbonyl (C=O) groups excluding carboxylic acids is 1. The molecule has 0 radical (unpaired) electrons. The third-order valence-corrected chi connectivity index (χ3v) is 6.48. The normalized spacial score (nSPS) is 26.7. The summed E-state index contributed by atoms with van der Waals surface area (Å²) in [6.45, 7) is 9.39. The number of H-pyrrole nitrogens is 1. The first kappa shape index (κ1) is 23.3. The number of thioether (sulfide) groups is 1. The molecule has 2 fully saturated rings. The molecule has 4 atom stereocenters. The summed E-state index contributed by atoms with van der Waals surface area (Å²) in [7, 11) is 1.60. The number of esters is 1. The zero-order valence-corrected chi connectivity index (χ0v) is 20.2. The van der Waals surface area contributed by atoms with Crippen LogP contribution in [0.3, 0.4) is 0 Å². The Morgan fingerprint density at radius 1 is 1.31 bits per heavy atom. The van der Waals surface area contributed by atoms with E-state index in [1.54, 1.807) is 18.9 Å². The minimum Gasteiger partial charge on any atom is -0.479 e. The molecule has 3 heterocycles. The van der Waals surface area contributed by atoms with Gasteiger partial charge in [-0.2, -0.15) is 4.98 Å². The summed E-state index contributed by atoms with van der Waals surface area (Å²) in [6.07, 6.45) is 0.595. The lowest BCUT2D eigenvalue weighted by Crippen LogP contribution is -2.33. The molecule has 1 N–H and O–H groups in total. The number of hydrogen-bond acceptors (Lipinski definition) is 9. The quantitative estimate of drug-likeness (QED) is 0.337. The molecule has 4 rings (SSSR count). The van der Waals surface area contributed by atoms with Crippen molar-refractivity contribution in [2.75, 3.05) is 19.5 Å². The lowest BCUT2D eigenvalue weighted by atomic mass is 10.2. The fraction of sp³-hybridized carbons (Fsp3) is 0.762. The third-order valence-electron chi connectivity index (χ3n) is 5.42. The van der Waals surface area contributed by atoms with Crippen LogP contribution in [0.25, 0.3) is 11.2 Å². The third kappa shape index (κ3) is 4.61. The van der Waals surface area contributed by atoms with Crippen molar-refractivity contribution in [1.82, 2.24) is 19.7 Å². The molecule has 0 spiro atoms. The Balaban J connectivity index is 1.57. The summed E-state index contributed by atoms with van der Waals surface area (Å²) >= 11 is 1.60. The molecule has 10 nitrogen and oxygen atoms in total. The predicted molar refractivity (Wildman–Crippen MR) is 118 cm³/mol. The molecule has 0 aromatic carbocycles. The molecule has 0 unspecified atom stereocenters. The molecule has 2 aromatic rings. The van der Waals surface area contributed by atoms with Gasteiger partial charge in [-0.15, -0.1) is 0 Å². The second-order valence-electron chi connectivity index (χ2n) is 8.80. The summed E-state index contributed by atoms with van der Waals surface area (Å²) in [5, 5.41) is 3.99. The molecule has 11 heteroatoms. The minimum atomic E-state index is -0.743. The highest BCUT2D eigenvalue weighted by Crippen LogP contribution is 2.46. The molecule has 2 aromatic heterocycles. The number of methoxy groups -OCH3 is 1. The average molecular weight is 469 g/mol. The molecule has 0 bridgehead atoms. The maximum absolute atomic E-state index is 12.0. The van der Waals surface area contributed by atoms with Crippen LogP contribution in [0.2, 0.25) is 0 Å². The second-order valence-corrected chi connectivity index (χ2v) is 9.86. The highest BCUT2D eigenvalue weighted by Gasteiger charge is 2.56. The van der Waals surface area contributed by atoms with Crippen LogP contribution < -0.4 is 4.74 Å². The van der Waals surface area contributed by atoms with Gasteiger partial charge in [-0.25, -0.2) is 9.78 Å². The van der Waals surface area contributed by atoms with Crippen LogP contribution in [-0.2, 0) is 23.7 Å². The number of carbonyl (C=O) groups is 1. The van der Waals surface area contributed by atoms with E-state index in [4.69, 9.17) is 28.7 Å². The van der Waals surface area contributed by atoms with Gasteiger partial charge in [0.1, 0.15) is 18.8 Å². The Bertz CT molecular complexity index is 958. The van der Waals surface area contributed by atoms with Crippen molar-refractivity contribution in [3.63, 3.8) is 0 Å². The van der Waals surface area contributed by atoms with Gasteiger partial charge >= 0.3 is 5.97 Å². The topological polar surface area (TPSA) is 110 Å². The monoisotopic (exact) mass is 468 g/mol. The van der Waals surface area contributed by atoms with Gasteiger partial charge < -0.3 is 23.7 Å². The lowest BCUT2D eigenvalue weighted by molar-refractivity contribution is -0.175. The van der Waals surface area contributed by atoms with E-state index in [0.29, 0.717) is 17.5 Å². The summed E-state index contributed by atoms with van der Waals surface area (Å²) in [6, 6.07) is -0.0935. The Kier molecular flexibility index (Phi) is 6.71. The van der Waals surface area contributed by atoms with Crippen LogP contribution in [0.1, 0.15) is 53.5 Å².